The highest BCUT2D eigenvalue weighted by Gasteiger charge is 2.25. The molecule has 24 heavy (non-hydrogen) atoms. The van der Waals surface area contributed by atoms with Gasteiger partial charge in [0.15, 0.2) is 0 Å². The Labute approximate surface area is 148 Å². The van der Waals surface area contributed by atoms with Gasteiger partial charge in [-0.15, -0.1) is 12.4 Å². The first-order valence-corrected chi connectivity index (χ1v) is 8.08. The largest absolute Gasteiger partial charge is 0.338 e. The molecule has 7 heteroatoms. The fourth-order valence-electron chi connectivity index (χ4n) is 3.25. The molecule has 6 nitrogen and oxygen atoms in total. The maximum absolute atomic E-state index is 12.8. The van der Waals surface area contributed by atoms with Gasteiger partial charge < -0.3 is 10.2 Å². The van der Waals surface area contributed by atoms with Crippen LogP contribution in [0.1, 0.15) is 28.8 Å². The van der Waals surface area contributed by atoms with Crippen LogP contribution in [0.5, 0.6) is 0 Å². The molecule has 1 amide bonds. The molecule has 130 valence electrons. The van der Waals surface area contributed by atoms with Crippen molar-refractivity contribution in [3.05, 3.63) is 42.0 Å². The summed E-state index contributed by atoms with van der Waals surface area (Å²) in [4.78, 5) is 18.8. The average Bonchev–Trinajstić information content (AvgIpc) is 3.09. The summed E-state index contributed by atoms with van der Waals surface area (Å²) in [6.07, 6.45) is 5.43. The van der Waals surface area contributed by atoms with Crippen LogP contribution in [0, 0.1) is 12.8 Å². The van der Waals surface area contributed by atoms with Crippen molar-refractivity contribution < 1.29 is 4.79 Å². The lowest BCUT2D eigenvalue weighted by Crippen LogP contribution is -2.42. The molecule has 3 rings (SSSR count). The van der Waals surface area contributed by atoms with E-state index in [1.54, 1.807) is 11.0 Å². The minimum atomic E-state index is 0. The third-order valence-corrected chi connectivity index (χ3v) is 4.42. The predicted molar refractivity (Wildman–Crippen MR) is 95.9 cm³/mol. The van der Waals surface area contributed by atoms with Crippen LogP contribution in [0.2, 0.25) is 0 Å². The third-order valence-electron chi connectivity index (χ3n) is 4.42. The molecule has 1 N–H and O–H groups in total. The van der Waals surface area contributed by atoms with Gasteiger partial charge in [-0.3, -0.25) is 4.79 Å². The van der Waals surface area contributed by atoms with Crippen molar-refractivity contribution in [1.82, 2.24) is 25.0 Å². The van der Waals surface area contributed by atoms with Gasteiger partial charge in [-0.1, -0.05) is 0 Å². The van der Waals surface area contributed by atoms with E-state index in [1.165, 1.54) is 12.7 Å². The summed E-state index contributed by atoms with van der Waals surface area (Å²) in [5, 5.41) is 7.34. The number of hydrogen-bond acceptors (Lipinski definition) is 4. The van der Waals surface area contributed by atoms with Gasteiger partial charge in [0.1, 0.15) is 12.7 Å². The van der Waals surface area contributed by atoms with Crippen molar-refractivity contribution >= 4 is 18.3 Å². The zero-order valence-electron chi connectivity index (χ0n) is 14.1. The van der Waals surface area contributed by atoms with E-state index in [9.17, 15) is 4.79 Å². The van der Waals surface area contributed by atoms with Gasteiger partial charge in [0.05, 0.1) is 5.69 Å². The summed E-state index contributed by atoms with van der Waals surface area (Å²) >= 11 is 0. The Morgan fingerprint density at radius 1 is 1.42 bits per heavy atom. The molecule has 1 unspecified atom stereocenters. The standard InChI is InChI=1S/C17H23N5O.ClH/c1-13-8-15(22-12-19-11-20-22)5-6-16(13)17(23)21-7-3-4-14(10-21)9-18-2;/h5-6,8,11-12,14,18H,3-4,7,9-10H2,1-2H3;1H. The highest BCUT2D eigenvalue weighted by Crippen LogP contribution is 2.21. The monoisotopic (exact) mass is 349 g/mol. The summed E-state index contributed by atoms with van der Waals surface area (Å²) in [6.45, 7) is 4.63. The molecule has 0 aliphatic carbocycles. The molecule has 1 aliphatic heterocycles. The molecule has 1 aromatic heterocycles. The summed E-state index contributed by atoms with van der Waals surface area (Å²) < 4.78 is 1.70. The van der Waals surface area contributed by atoms with Crippen LogP contribution in [0.4, 0.5) is 0 Å². The molecule has 0 radical (unpaired) electrons. The molecule has 1 aromatic carbocycles. The number of carbonyl (C=O) groups excluding carboxylic acids is 1. The molecule has 2 heterocycles. The van der Waals surface area contributed by atoms with Crippen LogP contribution < -0.4 is 5.32 Å². The number of hydrogen-bond donors (Lipinski definition) is 1. The maximum atomic E-state index is 12.8. The number of carbonyl (C=O) groups is 1. The van der Waals surface area contributed by atoms with E-state index < -0.39 is 0 Å². The van der Waals surface area contributed by atoms with Crippen molar-refractivity contribution in [2.45, 2.75) is 19.8 Å². The van der Waals surface area contributed by atoms with E-state index in [4.69, 9.17) is 0 Å². The van der Waals surface area contributed by atoms with Crippen molar-refractivity contribution in [3.8, 4) is 5.69 Å². The second-order valence-corrected chi connectivity index (χ2v) is 6.16. The Bertz CT molecular complexity index is 672. The summed E-state index contributed by atoms with van der Waals surface area (Å²) in [7, 11) is 1.97. The predicted octanol–water partition coefficient (Wildman–Crippen LogP) is 2.07. The van der Waals surface area contributed by atoms with Crippen LogP contribution in [-0.4, -0.2) is 52.3 Å². The zero-order chi connectivity index (χ0) is 16.2. The van der Waals surface area contributed by atoms with Gasteiger partial charge in [-0.2, -0.15) is 5.10 Å². The molecule has 1 fully saturated rings. The maximum Gasteiger partial charge on any atom is 0.254 e. The van der Waals surface area contributed by atoms with E-state index in [0.717, 1.165) is 42.9 Å². The Morgan fingerprint density at radius 3 is 2.92 bits per heavy atom. The summed E-state index contributed by atoms with van der Waals surface area (Å²) in [5.41, 5.74) is 2.67. The normalized spacial score (nSPS) is 17.4. The van der Waals surface area contributed by atoms with Gasteiger partial charge in [0.2, 0.25) is 0 Å². The zero-order valence-corrected chi connectivity index (χ0v) is 14.9. The molecule has 1 aliphatic rings. The molecule has 0 bridgehead atoms. The number of amides is 1. The number of aromatic nitrogens is 3. The fraction of sp³-hybridized carbons (Fsp3) is 0.471. The number of piperidine rings is 1. The number of likely N-dealkylation sites (tertiary alicyclic amines) is 1. The lowest BCUT2D eigenvalue weighted by Gasteiger charge is -2.33. The Morgan fingerprint density at radius 2 is 2.25 bits per heavy atom. The van der Waals surface area contributed by atoms with Gasteiger partial charge in [-0.25, -0.2) is 9.67 Å². The Kier molecular flexibility index (Phi) is 6.34. The second-order valence-electron chi connectivity index (χ2n) is 6.16. The van der Waals surface area contributed by atoms with Crippen molar-refractivity contribution in [2.24, 2.45) is 5.92 Å². The van der Waals surface area contributed by atoms with Crippen LogP contribution in [0.3, 0.4) is 0 Å². The lowest BCUT2D eigenvalue weighted by molar-refractivity contribution is 0.0673. The first-order valence-electron chi connectivity index (χ1n) is 8.08. The number of halogens is 1. The first kappa shape index (κ1) is 18.4. The van der Waals surface area contributed by atoms with E-state index >= 15 is 0 Å². The van der Waals surface area contributed by atoms with E-state index in [1.807, 2.05) is 37.1 Å². The van der Waals surface area contributed by atoms with Crippen LogP contribution in [-0.2, 0) is 0 Å². The van der Waals surface area contributed by atoms with E-state index in [-0.39, 0.29) is 18.3 Å². The molecule has 1 saturated heterocycles. The molecule has 0 saturated carbocycles. The fourth-order valence-corrected chi connectivity index (χ4v) is 3.25. The highest BCUT2D eigenvalue weighted by molar-refractivity contribution is 5.96. The number of nitrogens with one attached hydrogen (secondary N) is 1. The van der Waals surface area contributed by atoms with Crippen LogP contribution in [0.15, 0.2) is 30.9 Å². The quantitative estimate of drug-likeness (QED) is 0.917. The SMILES string of the molecule is CNCC1CCCN(C(=O)c2ccc(-n3cncn3)cc2C)C1.Cl. The van der Waals surface area contributed by atoms with Gasteiger partial charge >= 0.3 is 0 Å². The van der Waals surface area contributed by atoms with Crippen LogP contribution in [0.25, 0.3) is 5.69 Å². The van der Waals surface area contributed by atoms with Gasteiger partial charge in [0.25, 0.3) is 5.91 Å². The first-order chi connectivity index (χ1) is 11.2. The molecule has 1 atom stereocenters. The molecular weight excluding hydrogens is 326 g/mol. The van der Waals surface area contributed by atoms with Crippen molar-refractivity contribution in [1.29, 1.82) is 0 Å². The number of rotatable bonds is 4. The van der Waals surface area contributed by atoms with Crippen molar-refractivity contribution in [3.63, 3.8) is 0 Å². The Balaban J connectivity index is 0.00000208. The number of aryl methyl sites for hydroxylation is 1. The topological polar surface area (TPSA) is 63.1 Å². The highest BCUT2D eigenvalue weighted by atomic mass is 35.5. The summed E-state index contributed by atoms with van der Waals surface area (Å²) in [6, 6.07) is 5.80. The molecule has 0 spiro atoms. The van der Waals surface area contributed by atoms with Crippen LogP contribution >= 0.6 is 12.4 Å². The molecule has 2 aromatic rings. The minimum absolute atomic E-state index is 0. The van der Waals surface area contributed by atoms with Crippen molar-refractivity contribution in [2.75, 3.05) is 26.7 Å². The molecular formula is C17H24ClN5O. The number of nitrogens with zero attached hydrogens (tertiary/aromatic N) is 4. The number of benzene rings is 1. The summed E-state index contributed by atoms with van der Waals surface area (Å²) in [5.74, 6) is 0.681. The van der Waals surface area contributed by atoms with Gasteiger partial charge in [-0.05, 0) is 63.0 Å². The smallest absolute Gasteiger partial charge is 0.254 e. The minimum Gasteiger partial charge on any atom is -0.338 e. The second kappa shape index (κ2) is 8.26. The van der Waals surface area contributed by atoms with E-state index in [2.05, 4.69) is 15.4 Å². The van der Waals surface area contributed by atoms with E-state index in [0.29, 0.717) is 5.92 Å². The third kappa shape index (κ3) is 3.94. The lowest BCUT2D eigenvalue weighted by atomic mass is 9.96. The average molecular weight is 350 g/mol. The Hall–Kier alpha value is -1.92. The van der Waals surface area contributed by atoms with Gasteiger partial charge in [0, 0.05) is 18.7 Å².